The van der Waals surface area contributed by atoms with E-state index in [4.69, 9.17) is 7.85 Å². The Kier molecular flexibility index (Phi) is 1.78. The zero-order valence-corrected chi connectivity index (χ0v) is 8.27. The van der Waals surface area contributed by atoms with Crippen LogP contribution < -0.4 is 5.46 Å². The predicted octanol–water partition coefficient (Wildman–Crippen LogP) is 2.79. The zero-order chi connectivity index (χ0) is 10.3. The van der Waals surface area contributed by atoms with E-state index in [0.29, 0.717) is 0 Å². The summed E-state index contributed by atoms with van der Waals surface area (Å²) in [7, 11) is 5.77. The van der Waals surface area contributed by atoms with Gasteiger partial charge in [-0.1, -0.05) is 60.1 Å². The standard InChI is InChI=1S/C14H9B/c15-12-7-8-14-11(9-12)6-5-10-3-1-2-4-13(10)14/h1-9H. The molecule has 0 spiro atoms. The molecule has 0 aliphatic rings. The van der Waals surface area contributed by atoms with Gasteiger partial charge in [0.25, 0.3) is 0 Å². The SMILES string of the molecule is [B]c1ccc2c(ccc3ccccc32)c1. The second-order valence-corrected chi connectivity index (χ2v) is 3.77. The van der Waals surface area contributed by atoms with E-state index in [1.165, 1.54) is 21.5 Å². The van der Waals surface area contributed by atoms with Crippen molar-refractivity contribution in [2.75, 3.05) is 0 Å². The highest BCUT2D eigenvalue weighted by Gasteiger charge is 1.98. The van der Waals surface area contributed by atoms with Crippen molar-refractivity contribution in [3.8, 4) is 0 Å². The van der Waals surface area contributed by atoms with Gasteiger partial charge in [0, 0.05) is 0 Å². The van der Waals surface area contributed by atoms with Gasteiger partial charge in [0.05, 0.1) is 0 Å². The number of hydrogen-bond acceptors (Lipinski definition) is 0. The van der Waals surface area contributed by atoms with Crippen molar-refractivity contribution in [3.05, 3.63) is 54.6 Å². The molecule has 0 saturated carbocycles. The van der Waals surface area contributed by atoms with E-state index >= 15 is 0 Å². The average molecular weight is 188 g/mol. The van der Waals surface area contributed by atoms with E-state index in [2.05, 4.69) is 42.5 Å². The molecule has 0 heterocycles. The fourth-order valence-electron chi connectivity index (χ4n) is 2.03. The highest BCUT2D eigenvalue weighted by molar-refractivity contribution is 6.33. The third-order valence-electron chi connectivity index (χ3n) is 2.77. The molecule has 0 bridgehead atoms. The summed E-state index contributed by atoms with van der Waals surface area (Å²) < 4.78 is 0. The smallest absolute Gasteiger partial charge is 0.0960 e. The summed E-state index contributed by atoms with van der Waals surface area (Å²) in [6, 6.07) is 18.7. The molecule has 3 aromatic rings. The molecule has 3 aromatic carbocycles. The first-order valence-electron chi connectivity index (χ1n) is 5.01. The molecule has 0 N–H and O–H groups in total. The fourth-order valence-corrected chi connectivity index (χ4v) is 2.03. The Morgan fingerprint density at radius 1 is 0.667 bits per heavy atom. The summed E-state index contributed by atoms with van der Waals surface area (Å²) in [6.07, 6.45) is 0. The van der Waals surface area contributed by atoms with Crippen molar-refractivity contribution in [2.24, 2.45) is 0 Å². The topological polar surface area (TPSA) is 0 Å². The van der Waals surface area contributed by atoms with Gasteiger partial charge >= 0.3 is 0 Å². The van der Waals surface area contributed by atoms with Crippen LogP contribution in [0.3, 0.4) is 0 Å². The number of rotatable bonds is 0. The van der Waals surface area contributed by atoms with Crippen molar-refractivity contribution < 1.29 is 0 Å². The van der Waals surface area contributed by atoms with Crippen LogP contribution in [0.2, 0.25) is 0 Å². The van der Waals surface area contributed by atoms with Crippen LogP contribution in [0.4, 0.5) is 0 Å². The van der Waals surface area contributed by atoms with Crippen molar-refractivity contribution in [1.82, 2.24) is 0 Å². The normalized spacial score (nSPS) is 10.9. The van der Waals surface area contributed by atoms with E-state index in [0.717, 1.165) is 5.46 Å². The Bertz CT molecular complexity index is 641. The minimum Gasteiger partial charge on any atom is -0.0960 e. The lowest BCUT2D eigenvalue weighted by Gasteiger charge is -2.04. The minimum atomic E-state index is 0.817. The summed E-state index contributed by atoms with van der Waals surface area (Å²) in [6.45, 7) is 0. The van der Waals surface area contributed by atoms with Gasteiger partial charge in [0.15, 0.2) is 0 Å². The van der Waals surface area contributed by atoms with Gasteiger partial charge in [-0.15, -0.1) is 0 Å². The first-order chi connectivity index (χ1) is 7.34. The molecular formula is C14H9B. The molecule has 3 rings (SSSR count). The van der Waals surface area contributed by atoms with Crippen molar-refractivity contribution in [2.45, 2.75) is 0 Å². The Labute approximate surface area is 89.9 Å². The summed E-state index contributed by atoms with van der Waals surface area (Å²) in [5.74, 6) is 0. The molecule has 0 nitrogen and oxygen atoms in total. The molecule has 0 fully saturated rings. The van der Waals surface area contributed by atoms with E-state index in [-0.39, 0.29) is 0 Å². The first kappa shape index (κ1) is 8.54. The molecule has 0 aromatic heterocycles. The van der Waals surface area contributed by atoms with Gasteiger partial charge in [-0.25, -0.2) is 0 Å². The Morgan fingerprint density at radius 3 is 2.33 bits per heavy atom. The summed E-state index contributed by atoms with van der Waals surface area (Å²) in [5, 5.41) is 5.03. The van der Waals surface area contributed by atoms with Crippen LogP contribution in [0.5, 0.6) is 0 Å². The van der Waals surface area contributed by atoms with Crippen LogP contribution in [0.15, 0.2) is 54.6 Å². The van der Waals surface area contributed by atoms with Crippen LogP contribution in [0.25, 0.3) is 21.5 Å². The van der Waals surface area contributed by atoms with Gasteiger partial charge in [0.2, 0.25) is 0 Å². The number of fused-ring (bicyclic) bond motifs is 3. The van der Waals surface area contributed by atoms with Gasteiger partial charge in [0.1, 0.15) is 7.85 Å². The van der Waals surface area contributed by atoms with Crippen molar-refractivity contribution in [3.63, 3.8) is 0 Å². The van der Waals surface area contributed by atoms with Gasteiger partial charge < -0.3 is 0 Å². The quantitative estimate of drug-likeness (QED) is 0.376. The van der Waals surface area contributed by atoms with Crippen LogP contribution in [-0.4, -0.2) is 7.85 Å². The number of benzene rings is 3. The lowest BCUT2D eigenvalue weighted by Crippen LogP contribution is -1.99. The largest absolute Gasteiger partial charge is 0.113 e. The molecular weight excluding hydrogens is 179 g/mol. The lowest BCUT2D eigenvalue weighted by molar-refractivity contribution is 1.79. The molecule has 0 saturated heterocycles. The summed E-state index contributed by atoms with van der Waals surface area (Å²) in [4.78, 5) is 0. The first-order valence-corrected chi connectivity index (χ1v) is 5.01. The molecule has 15 heavy (non-hydrogen) atoms. The second kappa shape index (κ2) is 3.13. The van der Waals surface area contributed by atoms with Gasteiger partial charge in [-0.2, -0.15) is 0 Å². The van der Waals surface area contributed by atoms with Crippen molar-refractivity contribution >= 4 is 34.9 Å². The molecule has 0 amide bonds. The summed E-state index contributed by atoms with van der Waals surface area (Å²) >= 11 is 0. The molecule has 1 heteroatoms. The molecule has 0 unspecified atom stereocenters. The molecule has 0 aliphatic carbocycles. The van der Waals surface area contributed by atoms with Gasteiger partial charge in [-0.3, -0.25) is 0 Å². The van der Waals surface area contributed by atoms with E-state index in [1.807, 2.05) is 12.1 Å². The number of hydrogen-bond donors (Lipinski definition) is 0. The molecule has 2 radical (unpaired) electrons. The Morgan fingerprint density at radius 2 is 1.40 bits per heavy atom. The van der Waals surface area contributed by atoms with Crippen LogP contribution in [0, 0.1) is 0 Å². The predicted molar refractivity (Wildman–Crippen MR) is 66.8 cm³/mol. The fraction of sp³-hybridized carbons (Fsp3) is 0. The molecule has 0 aliphatic heterocycles. The van der Waals surface area contributed by atoms with Gasteiger partial charge in [-0.05, 0) is 21.5 Å². The summed E-state index contributed by atoms with van der Waals surface area (Å²) in [5.41, 5.74) is 0.817. The van der Waals surface area contributed by atoms with E-state index in [1.54, 1.807) is 0 Å². The highest BCUT2D eigenvalue weighted by atomic mass is 14.0. The average Bonchev–Trinajstić information content (AvgIpc) is 2.28. The Hall–Kier alpha value is -1.76. The Balaban J connectivity index is 2.55. The van der Waals surface area contributed by atoms with E-state index < -0.39 is 0 Å². The maximum Gasteiger partial charge on any atom is 0.113 e. The lowest BCUT2D eigenvalue weighted by atomic mass is 9.92. The van der Waals surface area contributed by atoms with Crippen LogP contribution in [0.1, 0.15) is 0 Å². The maximum absolute atomic E-state index is 5.77. The van der Waals surface area contributed by atoms with Crippen molar-refractivity contribution in [1.29, 1.82) is 0 Å². The third kappa shape index (κ3) is 1.32. The molecule has 0 atom stereocenters. The maximum atomic E-state index is 5.77. The van der Waals surface area contributed by atoms with Crippen LogP contribution >= 0.6 is 0 Å². The minimum absolute atomic E-state index is 0.817. The third-order valence-corrected chi connectivity index (χ3v) is 2.77. The monoisotopic (exact) mass is 188 g/mol. The second-order valence-electron chi connectivity index (χ2n) is 3.77. The van der Waals surface area contributed by atoms with Crippen LogP contribution in [-0.2, 0) is 0 Å². The van der Waals surface area contributed by atoms with E-state index in [9.17, 15) is 0 Å². The highest BCUT2D eigenvalue weighted by Crippen LogP contribution is 2.23. The molecule has 68 valence electrons. The zero-order valence-electron chi connectivity index (χ0n) is 8.27.